The fraction of sp³-hybridized carbons (Fsp3) is 0.105. The fourth-order valence-electron chi connectivity index (χ4n) is 2.03. The maximum atomic E-state index is 12.3. The van der Waals surface area contributed by atoms with E-state index in [0.29, 0.717) is 5.56 Å². The van der Waals surface area contributed by atoms with E-state index in [1.165, 1.54) is 6.08 Å². The molecule has 0 heterocycles. The third-order valence-corrected chi connectivity index (χ3v) is 3.25. The number of benzene rings is 2. The van der Waals surface area contributed by atoms with Gasteiger partial charge in [-0.3, -0.25) is 9.59 Å². The molecule has 0 radical (unpaired) electrons. The lowest BCUT2D eigenvalue weighted by atomic mass is 10.1. The number of carboxylic acid groups (broad SMARTS) is 1. The van der Waals surface area contributed by atoms with Crippen molar-refractivity contribution in [2.24, 2.45) is 0 Å². The van der Waals surface area contributed by atoms with Crippen LogP contribution in [0.3, 0.4) is 0 Å². The molecule has 0 bridgehead atoms. The second-order valence-electron chi connectivity index (χ2n) is 5.17. The standard InChI is InChI=1S/C19H18N2O4/c22-17(23)11-12-20-19(25)16(13-14-7-3-1-4-8-14)21-18(24)15-9-5-2-6-10-15/h1-10,13H,11-12H2,(H,20,25)(H,21,24)(H,22,23)/p-1/b16-13+. The summed E-state index contributed by atoms with van der Waals surface area (Å²) in [5.74, 6) is -2.27. The van der Waals surface area contributed by atoms with E-state index in [2.05, 4.69) is 10.6 Å². The zero-order valence-electron chi connectivity index (χ0n) is 13.4. The first kappa shape index (κ1) is 17.9. The molecule has 2 aromatic carbocycles. The van der Waals surface area contributed by atoms with Gasteiger partial charge in [0, 0.05) is 24.5 Å². The minimum Gasteiger partial charge on any atom is -0.550 e. The quantitative estimate of drug-likeness (QED) is 0.727. The van der Waals surface area contributed by atoms with E-state index in [1.54, 1.807) is 54.6 Å². The molecule has 2 N–H and O–H groups in total. The van der Waals surface area contributed by atoms with E-state index in [-0.39, 0.29) is 18.7 Å². The average molecular weight is 337 g/mol. The van der Waals surface area contributed by atoms with Crippen LogP contribution >= 0.6 is 0 Å². The van der Waals surface area contributed by atoms with Crippen LogP contribution in [0, 0.1) is 0 Å². The monoisotopic (exact) mass is 337 g/mol. The van der Waals surface area contributed by atoms with E-state index in [0.717, 1.165) is 5.56 Å². The summed E-state index contributed by atoms with van der Waals surface area (Å²) in [6.07, 6.45) is 1.21. The van der Waals surface area contributed by atoms with E-state index in [9.17, 15) is 19.5 Å². The van der Waals surface area contributed by atoms with Gasteiger partial charge in [0.1, 0.15) is 5.70 Å². The van der Waals surface area contributed by atoms with Gasteiger partial charge in [-0.2, -0.15) is 0 Å². The summed E-state index contributed by atoms with van der Waals surface area (Å²) in [7, 11) is 0. The summed E-state index contributed by atoms with van der Waals surface area (Å²) in [6, 6.07) is 17.5. The summed E-state index contributed by atoms with van der Waals surface area (Å²) in [6.45, 7) is -0.0888. The first-order chi connectivity index (χ1) is 12.1. The number of hydrogen-bond acceptors (Lipinski definition) is 4. The van der Waals surface area contributed by atoms with E-state index in [1.807, 2.05) is 6.07 Å². The van der Waals surface area contributed by atoms with Gasteiger partial charge < -0.3 is 20.5 Å². The van der Waals surface area contributed by atoms with Crippen molar-refractivity contribution in [1.29, 1.82) is 0 Å². The van der Waals surface area contributed by atoms with Crippen molar-refractivity contribution in [3.8, 4) is 0 Å². The number of nitrogens with one attached hydrogen (secondary N) is 2. The van der Waals surface area contributed by atoms with Gasteiger partial charge in [-0.25, -0.2) is 0 Å². The Hall–Kier alpha value is -3.41. The molecule has 25 heavy (non-hydrogen) atoms. The Bertz CT molecular complexity index is 771. The van der Waals surface area contributed by atoms with Crippen molar-refractivity contribution in [1.82, 2.24) is 10.6 Å². The maximum absolute atomic E-state index is 12.3. The van der Waals surface area contributed by atoms with Crippen LogP contribution in [-0.2, 0) is 9.59 Å². The number of amides is 2. The molecule has 6 heteroatoms. The van der Waals surface area contributed by atoms with E-state index >= 15 is 0 Å². The highest BCUT2D eigenvalue weighted by atomic mass is 16.4. The minimum atomic E-state index is -1.26. The zero-order valence-corrected chi connectivity index (χ0v) is 13.4. The van der Waals surface area contributed by atoms with E-state index < -0.39 is 17.8 Å². The van der Waals surface area contributed by atoms with Crippen LogP contribution in [0.2, 0.25) is 0 Å². The van der Waals surface area contributed by atoms with Crippen LogP contribution < -0.4 is 15.7 Å². The number of aliphatic carboxylic acids is 1. The van der Waals surface area contributed by atoms with Crippen molar-refractivity contribution in [3.05, 3.63) is 77.5 Å². The van der Waals surface area contributed by atoms with Gasteiger partial charge in [0.25, 0.3) is 11.8 Å². The van der Waals surface area contributed by atoms with Gasteiger partial charge in [-0.05, 0) is 23.8 Å². The van der Waals surface area contributed by atoms with Gasteiger partial charge >= 0.3 is 0 Å². The summed E-state index contributed by atoms with van der Waals surface area (Å²) in [5.41, 5.74) is 1.16. The molecule has 0 spiro atoms. The van der Waals surface area contributed by atoms with Gasteiger partial charge in [-0.1, -0.05) is 48.5 Å². The molecule has 2 aromatic rings. The Labute approximate surface area is 145 Å². The Morgan fingerprint density at radius 2 is 1.52 bits per heavy atom. The molecule has 0 saturated carbocycles. The van der Waals surface area contributed by atoms with Crippen molar-refractivity contribution < 1.29 is 19.5 Å². The van der Waals surface area contributed by atoms with Crippen molar-refractivity contribution in [2.45, 2.75) is 6.42 Å². The molecule has 2 rings (SSSR count). The first-order valence-electron chi connectivity index (χ1n) is 7.67. The summed E-state index contributed by atoms with van der Waals surface area (Å²) < 4.78 is 0. The van der Waals surface area contributed by atoms with Crippen LogP contribution in [0.1, 0.15) is 22.3 Å². The van der Waals surface area contributed by atoms with Crippen LogP contribution in [0.25, 0.3) is 6.08 Å². The summed E-state index contributed by atoms with van der Waals surface area (Å²) >= 11 is 0. The molecule has 6 nitrogen and oxygen atoms in total. The van der Waals surface area contributed by atoms with Crippen LogP contribution in [0.5, 0.6) is 0 Å². The minimum absolute atomic E-state index is 0.0263. The third-order valence-electron chi connectivity index (χ3n) is 3.25. The molecule has 0 aliphatic rings. The van der Waals surface area contributed by atoms with Crippen LogP contribution in [0.4, 0.5) is 0 Å². The van der Waals surface area contributed by atoms with Gasteiger partial charge in [0.2, 0.25) is 0 Å². The van der Waals surface area contributed by atoms with Crippen molar-refractivity contribution in [3.63, 3.8) is 0 Å². The van der Waals surface area contributed by atoms with Crippen molar-refractivity contribution >= 4 is 23.9 Å². The van der Waals surface area contributed by atoms with E-state index in [4.69, 9.17) is 0 Å². The number of carbonyl (C=O) groups excluding carboxylic acids is 3. The highest BCUT2D eigenvalue weighted by Gasteiger charge is 2.14. The fourth-order valence-corrected chi connectivity index (χ4v) is 2.03. The average Bonchev–Trinajstić information content (AvgIpc) is 2.62. The number of hydrogen-bond donors (Lipinski definition) is 2. The molecule has 0 fully saturated rings. The lowest BCUT2D eigenvalue weighted by molar-refractivity contribution is -0.305. The highest BCUT2D eigenvalue weighted by molar-refractivity contribution is 6.05. The van der Waals surface area contributed by atoms with Crippen LogP contribution in [-0.4, -0.2) is 24.3 Å². The molecule has 128 valence electrons. The molecule has 0 unspecified atom stereocenters. The molecule has 0 aliphatic carbocycles. The highest BCUT2D eigenvalue weighted by Crippen LogP contribution is 2.07. The number of carboxylic acids is 1. The Morgan fingerprint density at radius 1 is 0.920 bits per heavy atom. The Kier molecular flexibility index (Phi) is 6.47. The third kappa shape index (κ3) is 5.95. The van der Waals surface area contributed by atoms with Crippen molar-refractivity contribution in [2.75, 3.05) is 6.54 Å². The summed E-state index contributed by atoms with van der Waals surface area (Å²) in [5, 5.41) is 15.5. The SMILES string of the molecule is O=C([O-])CCNC(=O)/C(=C\c1ccccc1)NC(=O)c1ccccc1. The topological polar surface area (TPSA) is 98.3 Å². The first-order valence-corrected chi connectivity index (χ1v) is 7.67. The second-order valence-corrected chi connectivity index (χ2v) is 5.17. The predicted octanol–water partition coefficient (Wildman–Crippen LogP) is 0.714. The molecule has 0 aliphatic heterocycles. The zero-order chi connectivity index (χ0) is 18.1. The number of rotatable bonds is 7. The van der Waals surface area contributed by atoms with Gasteiger partial charge in [0.05, 0.1) is 0 Å². The lowest BCUT2D eigenvalue weighted by Crippen LogP contribution is -2.37. The van der Waals surface area contributed by atoms with Crippen LogP contribution in [0.15, 0.2) is 66.4 Å². The second kappa shape index (κ2) is 9.02. The smallest absolute Gasteiger partial charge is 0.267 e. The molecule has 0 aromatic heterocycles. The number of carbonyl (C=O) groups is 3. The molecular weight excluding hydrogens is 320 g/mol. The normalized spacial score (nSPS) is 10.8. The lowest BCUT2D eigenvalue weighted by Gasteiger charge is -2.11. The van der Waals surface area contributed by atoms with Gasteiger partial charge in [-0.15, -0.1) is 0 Å². The summed E-state index contributed by atoms with van der Waals surface area (Å²) in [4.78, 5) is 35.0. The van der Waals surface area contributed by atoms with Gasteiger partial charge in [0.15, 0.2) is 0 Å². The molecular formula is C19H17N2O4-. The molecule has 0 saturated heterocycles. The molecule has 2 amide bonds. The Morgan fingerprint density at radius 3 is 2.12 bits per heavy atom. The predicted molar refractivity (Wildman–Crippen MR) is 91.0 cm³/mol. The Balaban J connectivity index is 2.17. The largest absolute Gasteiger partial charge is 0.550 e. The molecule has 0 atom stereocenters. The maximum Gasteiger partial charge on any atom is 0.267 e.